The summed E-state index contributed by atoms with van der Waals surface area (Å²) in [4.78, 5) is 13.0. The van der Waals surface area contributed by atoms with E-state index in [1.807, 2.05) is 0 Å². The van der Waals surface area contributed by atoms with Crippen molar-refractivity contribution < 1.29 is 50.0 Å². The van der Waals surface area contributed by atoms with Gasteiger partial charge in [0.05, 0.1) is 25.4 Å². The first-order valence-corrected chi connectivity index (χ1v) is 20.9. The highest BCUT2D eigenvalue weighted by Crippen LogP contribution is 2.23. The first-order chi connectivity index (χ1) is 25.7. The van der Waals surface area contributed by atoms with Crippen molar-refractivity contribution in [1.82, 2.24) is 5.32 Å². The molecule has 11 heteroatoms. The molecule has 9 atom stereocenters. The van der Waals surface area contributed by atoms with Crippen molar-refractivity contribution in [3.63, 3.8) is 0 Å². The fourth-order valence-corrected chi connectivity index (χ4v) is 6.32. The second kappa shape index (κ2) is 32.6. The standard InChI is InChI=1S/C42H77NO10/c1-3-5-7-9-11-13-15-16-17-18-19-20-22-23-25-27-29-34(45)37(47)33(32-52-42-40(50)39(49)38(48)36(31-44)53-42)43-41(51)35(46)30-28-26-24-21-14-12-10-8-6-4-2/h10,12,17-18,22-23,33-40,42,44-50H,3-9,11,13-16,19-21,24-32H2,1-2H3,(H,43,51)/b12-10-,18-17+,23-22+. The number of amides is 1. The molecule has 0 radical (unpaired) electrons. The zero-order valence-electron chi connectivity index (χ0n) is 33.0. The van der Waals surface area contributed by atoms with E-state index in [9.17, 15) is 40.5 Å². The summed E-state index contributed by atoms with van der Waals surface area (Å²) in [6.45, 7) is 3.32. The molecule has 1 saturated heterocycles. The molecule has 0 aliphatic carbocycles. The molecule has 0 aromatic rings. The normalized spacial score (nSPS) is 23.2. The highest BCUT2D eigenvalue weighted by Gasteiger charge is 2.44. The fraction of sp³-hybridized carbons (Fsp3) is 0.833. The van der Waals surface area contributed by atoms with Gasteiger partial charge in [0.1, 0.15) is 36.6 Å². The number of allylic oxidation sites excluding steroid dienone is 6. The third-order valence-corrected chi connectivity index (χ3v) is 9.89. The van der Waals surface area contributed by atoms with Gasteiger partial charge in [-0.15, -0.1) is 0 Å². The zero-order valence-corrected chi connectivity index (χ0v) is 33.0. The molecule has 53 heavy (non-hydrogen) atoms. The lowest BCUT2D eigenvalue weighted by Gasteiger charge is -2.40. The van der Waals surface area contributed by atoms with Gasteiger partial charge in [-0.3, -0.25) is 4.79 Å². The molecule has 0 saturated carbocycles. The number of aliphatic hydroxyl groups excluding tert-OH is 7. The van der Waals surface area contributed by atoms with E-state index in [-0.39, 0.29) is 12.8 Å². The molecular formula is C42H77NO10. The van der Waals surface area contributed by atoms with Crippen molar-refractivity contribution in [3.8, 4) is 0 Å². The third kappa shape index (κ3) is 23.1. The van der Waals surface area contributed by atoms with E-state index in [4.69, 9.17) is 9.47 Å². The number of carbonyl (C=O) groups is 1. The Morgan fingerprint density at radius 1 is 0.642 bits per heavy atom. The lowest BCUT2D eigenvalue weighted by Crippen LogP contribution is -2.60. The minimum absolute atomic E-state index is 0.235. The average molecular weight is 756 g/mol. The van der Waals surface area contributed by atoms with Crippen molar-refractivity contribution in [2.45, 2.75) is 210 Å². The fourth-order valence-electron chi connectivity index (χ4n) is 6.32. The molecule has 11 nitrogen and oxygen atoms in total. The molecule has 1 heterocycles. The number of hydrogen-bond acceptors (Lipinski definition) is 10. The molecule has 0 aromatic carbocycles. The Bertz CT molecular complexity index is 960. The van der Waals surface area contributed by atoms with Crippen molar-refractivity contribution in [2.24, 2.45) is 0 Å². The predicted octanol–water partition coefficient (Wildman–Crippen LogP) is 5.66. The van der Waals surface area contributed by atoms with E-state index >= 15 is 0 Å². The Balaban J connectivity index is 2.56. The van der Waals surface area contributed by atoms with Gasteiger partial charge in [-0.05, 0) is 70.6 Å². The van der Waals surface area contributed by atoms with Gasteiger partial charge in [0, 0.05) is 0 Å². The van der Waals surface area contributed by atoms with Gasteiger partial charge in [-0.1, -0.05) is 121 Å². The molecule has 0 bridgehead atoms. The Hall–Kier alpha value is -1.67. The van der Waals surface area contributed by atoms with Gasteiger partial charge < -0.3 is 50.5 Å². The van der Waals surface area contributed by atoms with Crippen LogP contribution in [0.4, 0.5) is 0 Å². The topological polar surface area (TPSA) is 189 Å². The number of carbonyl (C=O) groups excluding carboxylic acids is 1. The highest BCUT2D eigenvalue weighted by atomic mass is 16.7. The van der Waals surface area contributed by atoms with Crippen LogP contribution in [-0.4, -0.2) is 110 Å². The molecule has 8 N–H and O–H groups in total. The molecule has 1 aliphatic heterocycles. The van der Waals surface area contributed by atoms with E-state index in [1.165, 1.54) is 57.8 Å². The number of rotatable bonds is 33. The lowest BCUT2D eigenvalue weighted by atomic mass is 9.98. The van der Waals surface area contributed by atoms with E-state index < -0.39 is 74.2 Å². The Morgan fingerprint density at radius 2 is 1.15 bits per heavy atom. The molecule has 0 spiro atoms. The Kier molecular flexibility index (Phi) is 30.3. The number of aliphatic hydroxyl groups is 7. The van der Waals surface area contributed by atoms with Crippen molar-refractivity contribution in [1.29, 1.82) is 0 Å². The predicted molar refractivity (Wildman–Crippen MR) is 210 cm³/mol. The van der Waals surface area contributed by atoms with E-state index in [1.54, 1.807) is 0 Å². The maximum absolute atomic E-state index is 13.0. The molecule has 1 rings (SSSR count). The summed E-state index contributed by atoms with van der Waals surface area (Å²) in [5, 5.41) is 75.2. The van der Waals surface area contributed by atoms with Crippen LogP contribution in [0.2, 0.25) is 0 Å². The molecular weight excluding hydrogens is 678 g/mol. The van der Waals surface area contributed by atoms with Crippen LogP contribution >= 0.6 is 0 Å². The van der Waals surface area contributed by atoms with Crippen molar-refractivity contribution >= 4 is 5.91 Å². The second-order valence-electron chi connectivity index (χ2n) is 14.7. The SMILES string of the molecule is CCCC/C=C\CCCCCCC(O)C(=O)NC(COC1OC(CO)C(O)C(O)C1O)C(O)C(O)CCC/C=C/CC/C=C/CCCCCCCCC. The second-order valence-corrected chi connectivity index (χ2v) is 14.7. The monoisotopic (exact) mass is 756 g/mol. The zero-order chi connectivity index (χ0) is 39.1. The molecule has 1 aliphatic rings. The average Bonchev–Trinajstić information content (AvgIpc) is 3.16. The smallest absolute Gasteiger partial charge is 0.249 e. The summed E-state index contributed by atoms with van der Waals surface area (Å²) >= 11 is 0. The van der Waals surface area contributed by atoms with E-state index in [2.05, 4.69) is 55.6 Å². The summed E-state index contributed by atoms with van der Waals surface area (Å²) in [6.07, 6.45) is 23.5. The quantitative estimate of drug-likeness (QED) is 0.0307. The largest absolute Gasteiger partial charge is 0.394 e. The van der Waals surface area contributed by atoms with Gasteiger partial charge in [0.15, 0.2) is 6.29 Å². The van der Waals surface area contributed by atoms with Crippen LogP contribution in [0.3, 0.4) is 0 Å². The minimum Gasteiger partial charge on any atom is -0.394 e. The maximum Gasteiger partial charge on any atom is 0.249 e. The van der Waals surface area contributed by atoms with Crippen LogP contribution in [0.1, 0.15) is 155 Å². The van der Waals surface area contributed by atoms with Gasteiger partial charge in [-0.25, -0.2) is 0 Å². The summed E-state index contributed by atoms with van der Waals surface area (Å²) < 4.78 is 11.0. The first kappa shape index (κ1) is 49.3. The van der Waals surface area contributed by atoms with Crippen molar-refractivity contribution in [3.05, 3.63) is 36.5 Å². The summed E-state index contributed by atoms with van der Waals surface area (Å²) in [5.41, 5.74) is 0. The highest BCUT2D eigenvalue weighted by molar-refractivity contribution is 5.80. The van der Waals surface area contributed by atoms with Crippen LogP contribution in [0.15, 0.2) is 36.5 Å². The van der Waals surface area contributed by atoms with Gasteiger partial charge in [0.2, 0.25) is 5.91 Å². The lowest BCUT2D eigenvalue weighted by molar-refractivity contribution is -0.303. The van der Waals surface area contributed by atoms with Crippen LogP contribution in [-0.2, 0) is 14.3 Å². The van der Waals surface area contributed by atoms with E-state index in [0.717, 1.165) is 51.4 Å². The Morgan fingerprint density at radius 3 is 1.74 bits per heavy atom. The minimum atomic E-state index is -1.67. The molecule has 9 unspecified atom stereocenters. The Labute approximate surface area is 320 Å². The molecule has 310 valence electrons. The number of unbranched alkanes of at least 4 members (excludes halogenated alkanes) is 15. The first-order valence-electron chi connectivity index (χ1n) is 20.9. The number of ether oxygens (including phenoxy) is 2. The number of nitrogens with one attached hydrogen (secondary N) is 1. The van der Waals surface area contributed by atoms with Crippen LogP contribution in [0.5, 0.6) is 0 Å². The van der Waals surface area contributed by atoms with Gasteiger partial charge >= 0.3 is 0 Å². The van der Waals surface area contributed by atoms with Crippen LogP contribution in [0, 0.1) is 0 Å². The summed E-state index contributed by atoms with van der Waals surface area (Å²) in [6, 6.07) is -1.19. The molecule has 1 fully saturated rings. The van der Waals surface area contributed by atoms with Crippen LogP contribution < -0.4 is 5.32 Å². The van der Waals surface area contributed by atoms with Gasteiger partial charge in [0.25, 0.3) is 0 Å². The maximum atomic E-state index is 13.0. The summed E-state index contributed by atoms with van der Waals surface area (Å²) in [7, 11) is 0. The van der Waals surface area contributed by atoms with E-state index in [0.29, 0.717) is 19.3 Å². The van der Waals surface area contributed by atoms with Gasteiger partial charge in [-0.2, -0.15) is 0 Å². The molecule has 0 aromatic heterocycles. The third-order valence-electron chi connectivity index (χ3n) is 9.89. The van der Waals surface area contributed by atoms with Crippen molar-refractivity contribution in [2.75, 3.05) is 13.2 Å². The van der Waals surface area contributed by atoms with Crippen LogP contribution in [0.25, 0.3) is 0 Å². The molecule has 1 amide bonds. The number of hydrogen-bond donors (Lipinski definition) is 8. The summed E-state index contributed by atoms with van der Waals surface area (Å²) in [5.74, 6) is -0.725.